The van der Waals surface area contributed by atoms with Gasteiger partial charge in [0.2, 0.25) is 0 Å². The molecule has 0 radical (unpaired) electrons. The Morgan fingerprint density at radius 3 is 2.86 bits per heavy atom. The van der Waals surface area contributed by atoms with Crippen LogP contribution >= 0.6 is 35.6 Å². The number of benzene rings is 1. The maximum absolute atomic E-state index is 6.13. The first-order valence-corrected chi connectivity index (χ1v) is 7.95. The highest BCUT2D eigenvalue weighted by Crippen LogP contribution is 2.39. The normalized spacial score (nSPS) is 28.7. The van der Waals surface area contributed by atoms with Gasteiger partial charge in [-0.3, -0.25) is 0 Å². The third-order valence-corrected chi connectivity index (χ3v) is 4.55. The van der Waals surface area contributed by atoms with Crippen molar-refractivity contribution in [2.45, 2.75) is 37.8 Å². The highest BCUT2D eigenvalue weighted by atomic mass is 127. The minimum absolute atomic E-state index is 0. The van der Waals surface area contributed by atoms with Crippen molar-refractivity contribution in [2.75, 3.05) is 19.7 Å². The number of nitrogens with zero attached hydrogens (tertiary/aromatic N) is 2. The van der Waals surface area contributed by atoms with Gasteiger partial charge in [-0.25, -0.2) is 4.99 Å². The molecule has 1 saturated heterocycles. The number of morpholine rings is 1. The minimum atomic E-state index is 0. The van der Waals surface area contributed by atoms with E-state index in [1.54, 1.807) is 0 Å². The summed E-state index contributed by atoms with van der Waals surface area (Å²) in [6.45, 7) is 4.47. The van der Waals surface area contributed by atoms with E-state index in [9.17, 15) is 0 Å². The quantitative estimate of drug-likeness (QED) is 0.441. The Balaban J connectivity index is 0.00000176. The van der Waals surface area contributed by atoms with E-state index in [4.69, 9.17) is 22.1 Å². The second-order valence-corrected chi connectivity index (χ2v) is 6.43. The Kier molecular flexibility index (Phi) is 6.35. The molecular weight excluding hydrogens is 413 g/mol. The third kappa shape index (κ3) is 4.26. The first kappa shape index (κ1) is 17.8. The van der Waals surface area contributed by atoms with Gasteiger partial charge in [-0.1, -0.05) is 23.7 Å². The summed E-state index contributed by atoms with van der Waals surface area (Å²) >= 11 is 6.04. The van der Waals surface area contributed by atoms with Gasteiger partial charge in [0.1, 0.15) is 0 Å². The van der Waals surface area contributed by atoms with Crippen molar-refractivity contribution in [3.8, 4) is 0 Å². The zero-order valence-electron chi connectivity index (χ0n) is 12.7. The Morgan fingerprint density at radius 2 is 2.18 bits per heavy atom. The van der Waals surface area contributed by atoms with Gasteiger partial charge in [0, 0.05) is 18.1 Å². The van der Waals surface area contributed by atoms with Crippen LogP contribution in [0.15, 0.2) is 29.3 Å². The number of hydrogen-bond acceptors (Lipinski definition) is 2. The summed E-state index contributed by atoms with van der Waals surface area (Å²) in [6.07, 6.45) is 2.34. The van der Waals surface area contributed by atoms with Gasteiger partial charge in [0.25, 0.3) is 0 Å². The predicted molar refractivity (Wildman–Crippen MR) is 101 cm³/mol. The largest absolute Gasteiger partial charge is 0.375 e. The van der Waals surface area contributed by atoms with E-state index in [0.717, 1.165) is 37.6 Å². The Morgan fingerprint density at radius 1 is 1.41 bits per heavy atom. The molecule has 0 spiro atoms. The second kappa shape index (κ2) is 7.84. The molecule has 1 atom stereocenters. The van der Waals surface area contributed by atoms with Gasteiger partial charge in [-0.2, -0.15) is 0 Å². The van der Waals surface area contributed by atoms with Crippen LogP contribution < -0.4 is 5.73 Å². The molecule has 2 N–H and O–H groups in total. The number of halogens is 2. The lowest BCUT2D eigenvalue weighted by Gasteiger charge is -2.36. The molecule has 1 aliphatic carbocycles. The van der Waals surface area contributed by atoms with E-state index in [1.165, 1.54) is 5.56 Å². The van der Waals surface area contributed by atoms with Crippen molar-refractivity contribution in [3.63, 3.8) is 0 Å². The smallest absolute Gasteiger partial charge is 0.191 e. The van der Waals surface area contributed by atoms with Crippen molar-refractivity contribution in [2.24, 2.45) is 10.7 Å². The summed E-state index contributed by atoms with van der Waals surface area (Å²) in [5.41, 5.74) is 7.44. The fraction of sp³-hybridized carbons (Fsp3) is 0.562. The zero-order valence-corrected chi connectivity index (χ0v) is 15.8. The SMILES string of the molecule is CC1CN(C(N)=NC2CC(c3cccc(Cl)c3)C2)CCO1.I. The summed E-state index contributed by atoms with van der Waals surface area (Å²) in [5, 5.41) is 0.807. The van der Waals surface area contributed by atoms with Crippen LogP contribution in [0.2, 0.25) is 5.02 Å². The van der Waals surface area contributed by atoms with E-state index in [1.807, 2.05) is 12.1 Å². The molecule has 0 aromatic heterocycles. The highest BCUT2D eigenvalue weighted by Gasteiger charge is 2.31. The molecule has 122 valence electrons. The lowest BCUT2D eigenvalue weighted by molar-refractivity contribution is 0.00512. The number of ether oxygens (including phenoxy) is 1. The molecule has 1 aromatic carbocycles. The topological polar surface area (TPSA) is 50.8 Å². The Hall–Kier alpha value is -0.530. The molecule has 1 aromatic rings. The molecular formula is C16H23ClIN3O. The number of nitrogens with two attached hydrogens (primary N) is 1. The van der Waals surface area contributed by atoms with Crippen LogP contribution in [0.25, 0.3) is 0 Å². The zero-order chi connectivity index (χ0) is 14.8. The van der Waals surface area contributed by atoms with E-state index in [2.05, 4.69) is 28.9 Å². The van der Waals surface area contributed by atoms with Gasteiger partial charge in [0.15, 0.2) is 5.96 Å². The van der Waals surface area contributed by atoms with Gasteiger partial charge in [0.05, 0.1) is 18.8 Å². The maximum atomic E-state index is 6.13. The van der Waals surface area contributed by atoms with Crippen molar-refractivity contribution in [3.05, 3.63) is 34.9 Å². The van der Waals surface area contributed by atoms with Crippen molar-refractivity contribution < 1.29 is 4.74 Å². The number of hydrogen-bond donors (Lipinski definition) is 1. The molecule has 3 rings (SSSR count). The molecule has 22 heavy (non-hydrogen) atoms. The molecule has 0 amide bonds. The van der Waals surface area contributed by atoms with Gasteiger partial charge < -0.3 is 15.4 Å². The Labute approximate surface area is 154 Å². The number of aliphatic imine (C=N–C) groups is 1. The monoisotopic (exact) mass is 435 g/mol. The predicted octanol–water partition coefficient (Wildman–Crippen LogP) is 3.24. The molecule has 1 heterocycles. The summed E-state index contributed by atoms with van der Waals surface area (Å²) in [5.74, 6) is 1.23. The van der Waals surface area contributed by atoms with Crippen LogP contribution in [0.5, 0.6) is 0 Å². The number of guanidine groups is 1. The van der Waals surface area contributed by atoms with Crippen molar-refractivity contribution >= 4 is 41.5 Å². The first-order chi connectivity index (χ1) is 10.1. The van der Waals surface area contributed by atoms with Crippen LogP contribution in [0.4, 0.5) is 0 Å². The Bertz CT molecular complexity index is 534. The molecule has 1 aliphatic heterocycles. The standard InChI is InChI=1S/C16H22ClN3O.HI/c1-11-10-20(5-6-21-11)16(18)19-15-8-13(9-15)12-3-2-4-14(17)7-12;/h2-4,7,11,13,15H,5-6,8-10H2,1H3,(H2,18,19);1H. The molecule has 2 fully saturated rings. The molecule has 2 aliphatic rings. The van der Waals surface area contributed by atoms with Crippen LogP contribution in [-0.2, 0) is 4.74 Å². The van der Waals surface area contributed by atoms with Crippen LogP contribution in [0.3, 0.4) is 0 Å². The lowest BCUT2D eigenvalue weighted by atomic mass is 9.76. The number of rotatable bonds is 2. The second-order valence-electron chi connectivity index (χ2n) is 5.99. The van der Waals surface area contributed by atoms with Crippen LogP contribution in [0, 0.1) is 0 Å². The highest BCUT2D eigenvalue weighted by molar-refractivity contribution is 14.0. The molecule has 4 nitrogen and oxygen atoms in total. The van der Waals surface area contributed by atoms with E-state index < -0.39 is 0 Å². The first-order valence-electron chi connectivity index (χ1n) is 7.57. The van der Waals surface area contributed by atoms with E-state index >= 15 is 0 Å². The summed E-state index contributed by atoms with van der Waals surface area (Å²) in [6, 6.07) is 8.46. The summed E-state index contributed by atoms with van der Waals surface area (Å²) in [7, 11) is 0. The maximum Gasteiger partial charge on any atom is 0.191 e. The molecule has 6 heteroatoms. The van der Waals surface area contributed by atoms with Crippen LogP contribution in [0.1, 0.15) is 31.2 Å². The van der Waals surface area contributed by atoms with E-state index in [0.29, 0.717) is 17.9 Å². The average molecular weight is 436 g/mol. The van der Waals surface area contributed by atoms with Gasteiger partial charge >= 0.3 is 0 Å². The van der Waals surface area contributed by atoms with Gasteiger partial charge in [-0.15, -0.1) is 24.0 Å². The average Bonchev–Trinajstić information content (AvgIpc) is 2.42. The minimum Gasteiger partial charge on any atom is -0.375 e. The van der Waals surface area contributed by atoms with Crippen LogP contribution in [-0.4, -0.2) is 42.7 Å². The fourth-order valence-electron chi connectivity index (χ4n) is 3.02. The van der Waals surface area contributed by atoms with E-state index in [-0.39, 0.29) is 30.1 Å². The third-order valence-electron chi connectivity index (χ3n) is 4.31. The van der Waals surface area contributed by atoms with Crippen molar-refractivity contribution in [1.82, 2.24) is 4.90 Å². The lowest BCUT2D eigenvalue weighted by Crippen LogP contribution is -2.48. The fourth-order valence-corrected chi connectivity index (χ4v) is 3.22. The summed E-state index contributed by atoms with van der Waals surface area (Å²) in [4.78, 5) is 6.80. The van der Waals surface area contributed by atoms with Gasteiger partial charge in [-0.05, 0) is 43.4 Å². The van der Waals surface area contributed by atoms with Crippen molar-refractivity contribution in [1.29, 1.82) is 0 Å². The molecule has 0 bridgehead atoms. The molecule has 1 unspecified atom stereocenters. The summed E-state index contributed by atoms with van der Waals surface area (Å²) < 4.78 is 5.52. The molecule has 1 saturated carbocycles.